The Morgan fingerprint density at radius 2 is 2.00 bits per heavy atom. The summed E-state index contributed by atoms with van der Waals surface area (Å²) in [7, 11) is 2.03. The van der Waals surface area contributed by atoms with E-state index >= 15 is 0 Å². The van der Waals surface area contributed by atoms with E-state index in [0.29, 0.717) is 0 Å². The molecule has 0 fully saturated rings. The average molecular weight is 249 g/mol. The van der Waals surface area contributed by atoms with E-state index in [1.165, 1.54) is 11.1 Å². The van der Waals surface area contributed by atoms with Gasteiger partial charge in [0.15, 0.2) is 0 Å². The fourth-order valence-corrected chi connectivity index (χ4v) is 1.93. The van der Waals surface area contributed by atoms with Gasteiger partial charge in [0.2, 0.25) is 5.91 Å². The van der Waals surface area contributed by atoms with E-state index in [1.54, 1.807) is 0 Å². The zero-order valence-corrected chi connectivity index (χ0v) is 11.6. The number of hydrogen-bond acceptors (Lipinski definition) is 3. The fourth-order valence-electron chi connectivity index (χ4n) is 1.93. The molecule has 100 valence electrons. The van der Waals surface area contributed by atoms with Gasteiger partial charge in [0, 0.05) is 12.6 Å². The van der Waals surface area contributed by atoms with E-state index < -0.39 is 0 Å². The van der Waals surface area contributed by atoms with Gasteiger partial charge < -0.3 is 0 Å². The van der Waals surface area contributed by atoms with E-state index in [2.05, 4.69) is 29.4 Å². The standard InChI is InChI=1S/C14H23N3O/c1-10-7-5-6-8-13(10)9-17(4)12(3)11(2)14(18)16-15/h5-8,11-12H,9,15H2,1-4H3,(H,16,18). The number of rotatable bonds is 5. The Labute approximate surface area is 109 Å². The summed E-state index contributed by atoms with van der Waals surface area (Å²) in [6, 6.07) is 8.42. The summed E-state index contributed by atoms with van der Waals surface area (Å²) in [5.74, 6) is 4.91. The molecule has 0 heterocycles. The monoisotopic (exact) mass is 249 g/mol. The molecule has 1 aromatic rings. The smallest absolute Gasteiger partial charge is 0.238 e. The largest absolute Gasteiger partial charge is 0.299 e. The van der Waals surface area contributed by atoms with Crippen LogP contribution in [0.2, 0.25) is 0 Å². The Morgan fingerprint density at radius 3 is 2.56 bits per heavy atom. The summed E-state index contributed by atoms with van der Waals surface area (Å²) in [5, 5.41) is 0. The van der Waals surface area contributed by atoms with Gasteiger partial charge in [-0.15, -0.1) is 0 Å². The lowest BCUT2D eigenvalue weighted by atomic mass is 10.0. The normalized spacial score (nSPS) is 14.3. The van der Waals surface area contributed by atoms with Gasteiger partial charge in [0.05, 0.1) is 5.92 Å². The molecule has 0 radical (unpaired) electrons. The van der Waals surface area contributed by atoms with Crippen LogP contribution in [-0.2, 0) is 11.3 Å². The van der Waals surface area contributed by atoms with Crippen molar-refractivity contribution in [2.45, 2.75) is 33.4 Å². The van der Waals surface area contributed by atoms with Crippen LogP contribution in [0.3, 0.4) is 0 Å². The molecule has 1 aromatic carbocycles. The van der Waals surface area contributed by atoms with E-state index in [0.717, 1.165) is 6.54 Å². The third-order valence-corrected chi connectivity index (χ3v) is 3.66. The Kier molecular flexibility index (Phi) is 5.31. The highest BCUT2D eigenvalue weighted by molar-refractivity contribution is 5.78. The van der Waals surface area contributed by atoms with Gasteiger partial charge in [0.1, 0.15) is 0 Å². The van der Waals surface area contributed by atoms with Crippen molar-refractivity contribution in [3.05, 3.63) is 35.4 Å². The molecule has 1 amide bonds. The molecule has 0 aliphatic rings. The van der Waals surface area contributed by atoms with Crippen molar-refractivity contribution in [1.82, 2.24) is 10.3 Å². The minimum Gasteiger partial charge on any atom is -0.299 e. The molecule has 0 aromatic heterocycles. The number of carbonyl (C=O) groups excluding carboxylic acids is 1. The number of hydrazine groups is 1. The lowest BCUT2D eigenvalue weighted by Crippen LogP contribution is -2.44. The minimum atomic E-state index is -0.135. The molecule has 18 heavy (non-hydrogen) atoms. The Balaban J connectivity index is 2.68. The molecular formula is C14H23N3O. The number of nitrogens with two attached hydrogens (primary N) is 1. The first-order valence-electron chi connectivity index (χ1n) is 6.22. The van der Waals surface area contributed by atoms with Crippen molar-refractivity contribution in [3.8, 4) is 0 Å². The van der Waals surface area contributed by atoms with Crippen LogP contribution in [0.4, 0.5) is 0 Å². The van der Waals surface area contributed by atoms with Gasteiger partial charge in [-0.2, -0.15) is 0 Å². The molecule has 2 unspecified atom stereocenters. The molecule has 0 aliphatic heterocycles. The molecule has 4 heteroatoms. The molecule has 0 aliphatic carbocycles. The zero-order valence-electron chi connectivity index (χ0n) is 11.6. The van der Waals surface area contributed by atoms with Crippen LogP contribution in [0.15, 0.2) is 24.3 Å². The Morgan fingerprint density at radius 1 is 1.39 bits per heavy atom. The van der Waals surface area contributed by atoms with Crippen LogP contribution >= 0.6 is 0 Å². The SMILES string of the molecule is Cc1ccccc1CN(C)C(C)C(C)C(=O)NN. The fraction of sp³-hybridized carbons (Fsp3) is 0.500. The highest BCUT2D eigenvalue weighted by atomic mass is 16.2. The summed E-state index contributed by atoms with van der Waals surface area (Å²) >= 11 is 0. The number of carbonyl (C=O) groups is 1. The van der Waals surface area contributed by atoms with Gasteiger partial charge in [-0.3, -0.25) is 15.1 Å². The first-order valence-corrected chi connectivity index (χ1v) is 6.22. The number of nitrogens with zero attached hydrogens (tertiary/aromatic N) is 1. The maximum Gasteiger partial charge on any atom is 0.238 e. The van der Waals surface area contributed by atoms with Crippen molar-refractivity contribution in [2.75, 3.05) is 7.05 Å². The van der Waals surface area contributed by atoms with Crippen LogP contribution < -0.4 is 11.3 Å². The summed E-state index contributed by atoms with van der Waals surface area (Å²) < 4.78 is 0. The number of benzene rings is 1. The van der Waals surface area contributed by atoms with E-state index in [1.807, 2.05) is 33.0 Å². The second-order valence-electron chi connectivity index (χ2n) is 4.88. The Bertz CT molecular complexity index is 406. The maximum absolute atomic E-state index is 11.5. The first kappa shape index (κ1) is 14.7. The number of amides is 1. The first-order chi connectivity index (χ1) is 8.47. The second-order valence-corrected chi connectivity index (χ2v) is 4.88. The quantitative estimate of drug-likeness (QED) is 0.471. The molecular weight excluding hydrogens is 226 g/mol. The van der Waals surface area contributed by atoms with E-state index in [-0.39, 0.29) is 17.9 Å². The number of hydrogen-bond donors (Lipinski definition) is 2. The molecule has 0 saturated carbocycles. The number of nitrogens with one attached hydrogen (secondary N) is 1. The van der Waals surface area contributed by atoms with Gasteiger partial charge in [-0.1, -0.05) is 31.2 Å². The zero-order chi connectivity index (χ0) is 13.7. The Hall–Kier alpha value is -1.39. The van der Waals surface area contributed by atoms with Crippen molar-refractivity contribution in [1.29, 1.82) is 0 Å². The summed E-state index contributed by atoms with van der Waals surface area (Å²) in [6.45, 7) is 6.86. The van der Waals surface area contributed by atoms with Crippen LogP contribution in [-0.4, -0.2) is 23.9 Å². The topological polar surface area (TPSA) is 58.4 Å². The van der Waals surface area contributed by atoms with Crippen LogP contribution in [0.5, 0.6) is 0 Å². The van der Waals surface area contributed by atoms with Crippen LogP contribution in [0.25, 0.3) is 0 Å². The second kappa shape index (κ2) is 6.52. The lowest BCUT2D eigenvalue weighted by Gasteiger charge is -2.29. The number of aryl methyl sites for hydroxylation is 1. The molecule has 4 nitrogen and oxygen atoms in total. The molecule has 1 rings (SSSR count). The molecule has 2 atom stereocenters. The predicted molar refractivity (Wildman–Crippen MR) is 73.6 cm³/mol. The van der Waals surface area contributed by atoms with Crippen molar-refractivity contribution in [2.24, 2.45) is 11.8 Å². The minimum absolute atomic E-state index is 0.126. The third kappa shape index (κ3) is 3.55. The highest BCUT2D eigenvalue weighted by Crippen LogP contribution is 2.15. The summed E-state index contributed by atoms with van der Waals surface area (Å²) in [6.07, 6.45) is 0. The predicted octanol–water partition coefficient (Wildman–Crippen LogP) is 1.44. The van der Waals surface area contributed by atoms with Crippen molar-refractivity contribution >= 4 is 5.91 Å². The highest BCUT2D eigenvalue weighted by Gasteiger charge is 2.23. The van der Waals surface area contributed by atoms with Gasteiger partial charge in [-0.05, 0) is 32.0 Å². The summed E-state index contributed by atoms with van der Waals surface area (Å²) in [5.41, 5.74) is 4.77. The maximum atomic E-state index is 11.5. The molecule has 0 bridgehead atoms. The van der Waals surface area contributed by atoms with Gasteiger partial charge >= 0.3 is 0 Å². The van der Waals surface area contributed by atoms with Crippen LogP contribution in [0.1, 0.15) is 25.0 Å². The van der Waals surface area contributed by atoms with Gasteiger partial charge in [-0.25, -0.2) is 5.84 Å². The van der Waals surface area contributed by atoms with Crippen molar-refractivity contribution in [3.63, 3.8) is 0 Å². The third-order valence-electron chi connectivity index (χ3n) is 3.66. The van der Waals surface area contributed by atoms with Gasteiger partial charge in [0.25, 0.3) is 0 Å². The van der Waals surface area contributed by atoms with Crippen LogP contribution in [0, 0.1) is 12.8 Å². The lowest BCUT2D eigenvalue weighted by molar-refractivity contribution is -0.126. The molecule has 3 N–H and O–H groups in total. The van der Waals surface area contributed by atoms with E-state index in [4.69, 9.17) is 5.84 Å². The average Bonchev–Trinajstić information content (AvgIpc) is 2.38. The molecule has 0 spiro atoms. The van der Waals surface area contributed by atoms with Crippen molar-refractivity contribution < 1.29 is 4.79 Å². The summed E-state index contributed by atoms with van der Waals surface area (Å²) in [4.78, 5) is 13.7. The molecule has 0 saturated heterocycles. The van der Waals surface area contributed by atoms with E-state index in [9.17, 15) is 4.79 Å².